The molecule has 1 atom stereocenters. The molecule has 2 aromatic carbocycles. The molecule has 1 fully saturated rings. The number of aliphatic carboxylic acids is 1. The van der Waals surface area contributed by atoms with Crippen molar-refractivity contribution in [2.45, 2.75) is 32.2 Å². The Kier molecular flexibility index (Phi) is 8.48. The molecule has 0 unspecified atom stereocenters. The predicted molar refractivity (Wildman–Crippen MR) is 134 cm³/mol. The number of piperidine rings is 1. The van der Waals surface area contributed by atoms with E-state index in [4.69, 9.17) is 4.74 Å². The molecule has 0 bridgehead atoms. The molecule has 0 saturated carbocycles. The van der Waals surface area contributed by atoms with Gasteiger partial charge in [0.2, 0.25) is 11.7 Å². The summed E-state index contributed by atoms with van der Waals surface area (Å²) in [6.45, 7) is 0.692. The highest BCUT2D eigenvalue weighted by Gasteiger charge is 2.32. The standard InChI is InChI=1S/C26H24F3N3O6S/c1-13-10-15(27)22(29)23(21(13)28)38-12-18(33)17(11-20(34)35)30-24(36)14-6-8-32(9-7-14)26(37)25-31-16-4-2-3-5-19(16)39-25/h2-5,10,14,17H,6-9,11-12H2,1H3,(H,30,36)(H,34,35)/t17-/m0/s1. The maximum atomic E-state index is 14.2. The topological polar surface area (TPSA) is 126 Å². The maximum Gasteiger partial charge on any atom is 0.305 e. The van der Waals surface area contributed by atoms with Crippen LogP contribution in [0.1, 0.15) is 34.6 Å². The molecule has 3 aromatic rings. The number of aryl methyl sites for hydroxylation is 1. The highest BCUT2D eigenvalue weighted by atomic mass is 32.1. The monoisotopic (exact) mass is 563 g/mol. The van der Waals surface area contributed by atoms with E-state index >= 15 is 0 Å². The van der Waals surface area contributed by atoms with Crippen LogP contribution in [0, 0.1) is 30.3 Å². The molecule has 206 valence electrons. The van der Waals surface area contributed by atoms with E-state index in [-0.39, 0.29) is 37.4 Å². The molecule has 1 aliphatic rings. The lowest BCUT2D eigenvalue weighted by Gasteiger charge is -2.31. The van der Waals surface area contributed by atoms with E-state index in [1.807, 2.05) is 24.3 Å². The summed E-state index contributed by atoms with van der Waals surface area (Å²) in [5.41, 5.74) is 0.468. The number of Topliss-reactive ketones (excluding diaryl/α,β-unsaturated/α-hetero) is 1. The Morgan fingerprint density at radius 3 is 2.51 bits per heavy atom. The average Bonchev–Trinajstić information content (AvgIpc) is 3.35. The van der Waals surface area contributed by atoms with Crippen LogP contribution in [-0.2, 0) is 14.4 Å². The fraction of sp³-hybridized carbons (Fsp3) is 0.346. The van der Waals surface area contributed by atoms with Gasteiger partial charge in [-0.2, -0.15) is 4.39 Å². The summed E-state index contributed by atoms with van der Waals surface area (Å²) in [5, 5.41) is 11.9. The minimum atomic E-state index is -1.63. The number of hydrogen-bond acceptors (Lipinski definition) is 7. The number of benzene rings is 2. The molecule has 0 aliphatic carbocycles. The number of carboxylic acids is 1. The van der Waals surface area contributed by atoms with Gasteiger partial charge in [-0.25, -0.2) is 13.8 Å². The lowest BCUT2D eigenvalue weighted by atomic mass is 9.95. The molecular formula is C26H24F3N3O6S. The Hall–Kier alpha value is -4.00. The molecular weight excluding hydrogens is 539 g/mol. The summed E-state index contributed by atoms with van der Waals surface area (Å²) in [7, 11) is 0. The van der Waals surface area contributed by atoms with E-state index in [1.165, 1.54) is 18.3 Å². The Labute approximate surface area is 224 Å². The van der Waals surface area contributed by atoms with Crippen LogP contribution in [0.3, 0.4) is 0 Å². The number of aromatic nitrogens is 1. The van der Waals surface area contributed by atoms with Gasteiger partial charge in [0.25, 0.3) is 5.91 Å². The van der Waals surface area contributed by atoms with Crippen LogP contribution in [0.25, 0.3) is 10.2 Å². The highest BCUT2D eigenvalue weighted by Crippen LogP contribution is 2.27. The van der Waals surface area contributed by atoms with Crippen molar-refractivity contribution in [1.82, 2.24) is 15.2 Å². The summed E-state index contributed by atoms with van der Waals surface area (Å²) in [5.74, 6) is -9.12. The number of likely N-dealkylation sites (tertiary alicyclic amines) is 1. The lowest BCUT2D eigenvalue weighted by Crippen LogP contribution is -2.49. The molecule has 0 radical (unpaired) electrons. The highest BCUT2D eigenvalue weighted by molar-refractivity contribution is 7.20. The number of halogens is 3. The number of fused-ring (bicyclic) bond motifs is 1. The molecule has 2 N–H and O–H groups in total. The summed E-state index contributed by atoms with van der Waals surface area (Å²) in [6, 6.07) is 6.45. The fourth-order valence-corrected chi connectivity index (χ4v) is 5.16. The number of para-hydroxylation sites is 1. The molecule has 39 heavy (non-hydrogen) atoms. The number of rotatable bonds is 9. The number of nitrogens with zero attached hydrogens (tertiary/aromatic N) is 2. The lowest BCUT2D eigenvalue weighted by molar-refractivity contribution is -0.141. The number of carbonyl (C=O) groups is 4. The van der Waals surface area contributed by atoms with Crippen molar-refractivity contribution >= 4 is 45.1 Å². The van der Waals surface area contributed by atoms with Gasteiger partial charge < -0.3 is 20.1 Å². The van der Waals surface area contributed by atoms with Crippen molar-refractivity contribution in [3.8, 4) is 5.75 Å². The fourth-order valence-electron chi connectivity index (χ4n) is 4.22. The van der Waals surface area contributed by atoms with E-state index < -0.39 is 65.8 Å². The molecule has 2 amide bonds. The minimum Gasteiger partial charge on any atom is -0.481 e. The zero-order valence-corrected chi connectivity index (χ0v) is 21.5. The normalized spacial score (nSPS) is 14.7. The third-order valence-electron chi connectivity index (χ3n) is 6.37. The van der Waals surface area contributed by atoms with Crippen molar-refractivity contribution in [3.63, 3.8) is 0 Å². The van der Waals surface area contributed by atoms with Crippen LogP contribution in [0.4, 0.5) is 13.2 Å². The van der Waals surface area contributed by atoms with Crippen LogP contribution in [0.5, 0.6) is 5.75 Å². The summed E-state index contributed by atoms with van der Waals surface area (Å²) in [4.78, 5) is 55.6. The third kappa shape index (κ3) is 6.36. The van der Waals surface area contributed by atoms with Gasteiger partial charge in [-0.3, -0.25) is 19.2 Å². The van der Waals surface area contributed by atoms with Crippen molar-refractivity contribution in [1.29, 1.82) is 0 Å². The van der Waals surface area contributed by atoms with E-state index in [0.29, 0.717) is 11.1 Å². The largest absolute Gasteiger partial charge is 0.481 e. The molecule has 4 rings (SSSR count). The Morgan fingerprint density at radius 1 is 1.15 bits per heavy atom. The van der Waals surface area contributed by atoms with Crippen molar-refractivity contribution in [2.24, 2.45) is 5.92 Å². The van der Waals surface area contributed by atoms with Crippen molar-refractivity contribution < 1.29 is 42.2 Å². The zero-order valence-electron chi connectivity index (χ0n) is 20.7. The second-order valence-electron chi connectivity index (χ2n) is 9.10. The number of ether oxygens (including phenoxy) is 1. The number of carbonyl (C=O) groups excluding carboxylic acids is 3. The number of carboxylic acid groups (broad SMARTS) is 1. The maximum absolute atomic E-state index is 14.2. The molecule has 1 saturated heterocycles. The molecule has 2 heterocycles. The van der Waals surface area contributed by atoms with E-state index in [9.17, 15) is 37.5 Å². The Morgan fingerprint density at radius 2 is 1.85 bits per heavy atom. The predicted octanol–water partition coefficient (Wildman–Crippen LogP) is 3.48. The first kappa shape index (κ1) is 28.0. The van der Waals surface area contributed by atoms with Gasteiger partial charge in [-0.1, -0.05) is 12.1 Å². The van der Waals surface area contributed by atoms with E-state index in [1.54, 1.807) is 4.90 Å². The summed E-state index contributed by atoms with van der Waals surface area (Å²) >= 11 is 1.28. The molecule has 0 spiro atoms. The number of thiazole rings is 1. The van der Waals surface area contributed by atoms with Crippen LogP contribution in [-0.4, -0.2) is 64.3 Å². The van der Waals surface area contributed by atoms with Gasteiger partial charge in [-0.15, -0.1) is 11.3 Å². The molecule has 13 heteroatoms. The van der Waals surface area contributed by atoms with Gasteiger partial charge in [-0.05, 0) is 43.5 Å². The smallest absolute Gasteiger partial charge is 0.305 e. The Bertz CT molecular complexity index is 1380. The van der Waals surface area contributed by atoms with Crippen LogP contribution in [0.15, 0.2) is 30.3 Å². The average molecular weight is 564 g/mol. The second kappa shape index (κ2) is 11.8. The van der Waals surface area contributed by atoms with Gasteiger partial charge in [0.05, 0.1) is 16.6 Å². The number of hydrogen-bond donors (Lipinski definition) is 2. The molecule has 1 aliphatic heterocycles. The first-order valence-electron chi connectivity index (χ1n) is 12.0. The van der Waals surface area contributed by atoms with Crippen molar-refractivity contribution in [3.05, 3.63) is 58.4 Å². The SMILES string of the molecule is Cc1cc(F)c(F)c(OCC(=O)[C@H](CC(=O)O)NC(=O)C2CCN(C(=O)c3nc4ccccc4s3)CC2)c1F. The summed E-state index contributed by atoms with van der Waals surface area (Å²) < 4.78 is 47.5. The number of amides is 2. The summed E-state index contributed by atoms with van der Waals surface area (Å²) in [6.07, 6.45) is -0.256. The zero-order chi connectivity index (χ0) is 28.3. The van der Waals surface area contributed by atoms with Crippen LogP contribution >= 0.6 is 11.3 Å². The number of ketones is 1. The molecule has 1 aromatic heterocycles. The first-order valence-corrected chi connectivity index (χ1v) is 12.8. The third-order valence-corrected chi connectivity index (χ3v) is 7.39. The van der Waals surface area contributed by atoms with E-state index in [0.717, 1.165) is 10.2 Å². The van der Waals surface area contributed by atoms with E-state index in [2.05, 4.69) is 10.3 Å². The van der Waals surface area contributed by atoms with Crippen LogP contribution < -0.4 is 10.1 Å². The minimum absolute atomic E-state index is 0.250. The first-order chi connectivity index (χ1) is 18.5. The van der Waals surface area contributed by atoms with Gasteiger partial charge in [0.1, 0.15) is 12.6 Å². The molecule has 9 nitrogen and oxygen atoms in total. The van der Waals surface area contributed by atoms with Crippen LogP contribution in [0.2, 0.25) is 0 Å². The van der Waals surface area contributed by atoms with Gasteiger partial charge in [0, 0.05) is 19.0 Å². The quantitative estimate of drug-likeness (QED) is 0.382. The number of nitrogens with one attached hydrogen (secondary N) is 1. The van der Waals surface area contributed by atoms with Gasteiger partial charge >= 0.3 is 5.97 Å². The Balaban J connectivity index is 1.35. The second-order valence-corrected chi connectivity index (χ2v) is 10.1. The van der Waals surface area contributed by atoms with Crippen molar-refractivity contribution in [2.75, 3.05) is 19.7 Å². The van der Waals surface area contributed by atoms with Gasteiger partial charge in [0.15, 0.2) is 28.2 Å².